The third-order valence-electron chi connectivity index (χ3n) is 5.49. The molecule has 2 aliphatic heterocycles. The maximum absolute atomic E-state index is 13.3. The van der Waals surface area contributed by atoms with E-state index < -0.39 is 23.7 Å². The lowest BCUT2D eigenvalue weighted by Gasteiger charge is -2.31. The van der Waals surface area contributed by atoms with Crippen LogP contribution >= 0.6 is 0 Å². The molecule has 2 aliphatic rings. The summed E-state index contributed by atoms with van der Waals surface area (Å²) in [4.78, 5) is 26.1. The summed E-state index contributed by atoms with van der Waals surface area (Å²) in [5, 5.41) is 22.3. The molecule has 0 atom stereocenters. The first-order chi connectivity index (χ1) is 18.0. The van der Waals surface area contributed by atoms with Crippen molar-refractivity contribution in [2.24, 2.45) is 4.99 Å². The van der Waals surface area contributed by atoms with Crippen LogP contribution in [0, 0.1) is 6.92 Å². The predicted molar refractivity (Wildman–Crippen MR) is 139 cm³/mol. The van der Waals surface area contributed by atoms with Gasteiger partial charge < -0.3 is 30.5 Å². The molecule has 0 radical (unpaired) electrons. The zero-order valence-electron chi connectivity index (χ0n) is 21.6. The molecule has 1 fully saturated rings. The summed E-state index contributed by atoms with van der Waals surface area (Å²) in [5.41, 5.74) is 3.04. The maximum atomic E-state index is 13.3. The van der Waals surface area contributed by atoms with Crippen LogP contribution in [0.15, 0.2) is 41.4 Å². The normalized spacial score (nSPS) is 14.2. The van der Waals surface area contributed by atoms with Crippen molar-refractivity contribution in [2.45, 2.75) is 32.9 Å². The summed E-state index contributed by atoms with van der Waals surface area (Å²) in [6, 6.07) is 9.62. The van der Waals surface area contributed by atoms with Gasteiger partial charge in [-0.3, -0.25) is 9.59 Å². The molecule has 9 nitrogen and oxygen atoms in total. The van der Waals surface area contributed by atoms with Crippen molar-refractivity contribution in [1.82, 2.24) is 10.2 Å². The highest BCUT2D eigenvalue weighted by Gasteiger charge is 2.33. The van der Waals surface area contributed by atoms with Gasteiger partial charge in [0.1, 0.15) is 5.84 Å². The highest BCUT2D eigenvalue weighted by Crippen LogP contribution is 2.38. The summed E-state index contributed by atoms with van der Waals surface area (Å²) >= 11 is 0. The number of nitrogens with zero attached hydrogens (tertiary/aromatic N) is 2. The van der Waals surface area contributed by atoms with E-state index in [-0.39, 0.29) is 12.8 Å². The van der Waals surface area contributed by atoms with E-state index in [4.69, 9.17) is 15.2 Å². The van der Waals surface area contributed by atoms with Gasteiger partial charge in [0.25, 0.3) is 0 Å². The highest BCUT2D eigenvalue weighted by molar-refractivity contribution is 6.08. The number of ether oxygens (including phenoxy) is 1. The molecule has 2 heterocycles. The van der Waals surface area contributed by atoms with Crippen molar-refractivity contribution >= 4 is 34.8 Å². The van der Waals surface area contributed by atoms with E-state index in [1.54, 1.807) is 7.11 Å². The zero-order valence-corrected chi connectivity index (χ0v) is 21.6. The second-order valence-electron chi connectivity index (χ2n) is 8.44. The smallest absolute Gasteiger partial charge is 0.416 e. The minimum absolute atomic E-state index is 0.296. The number of hydrogen-bond acceptors (Lipinski definition) is 7. The van der Waals surface area contributed by atoms with Gasteiger partial charge in [-0.25, -0.2) is 4.99 Å². The fourth-order valence-electron chi connectivity index (χ4n) is 3.51. The van der Waals surface area contributed by atoms with Crippen LogP contribution in [0.3, 0.4) is 0 Å². The van der Waals surface area contributed by atoms with Crippen molar-refractivity contribution in [1.29, 1.82) is 0 Å². The van der Waals surface area contributed by atoms with Gasteiger partial charge in [0.2, 0.25) is 0 Å². The lowest BCUT2D eigenvalue weighted by molar-refractivity contribution is -0.143. The summed E-state index contributed by atoms with van der Waals surface area (Å²) < 4.78 is 44.3. The van der Waals surface area contributed by atoms with Crippen molar-refractivity contribution < 1.29 is 37.7 Å². The van der Waals surface area contributed by atoms with Gasteiger partial charge >= 0.3 is 18.1 Å². The van der Waals surface area contributed by atoms with E-state index in [9.17, 15) is 22.8 Å². The van der Waals surface area contributed by atoms with Gasteiger partial charge in [0, 0.05) is 51.1 Å². The molecule has 0 aromatic heterocycles. The minimum Gasteiger partial charge on any atom is -0.481 e. The molecule has 0 spiro atoms. The summed E-state index contributed by atoms with van der Waals surface area (Å²) in [6.07, 6.45) is -4.98. The second-order valence-corrected chi connectivity index (χ2v) is 8.44. The molecule has 4 N–H and O–H groups in total. The number of carbonyl (C=O) groups is 2. The standard InChI is InChI=1S/C19H19F3N4.C4H6O4.C3H8O/c1-12-2-4-16-17(10-12)25-18(26-8-6-23-7-9-26)14-11-13(19(20,21)22)3-5-15(14)24-16;5-3(6)1-2-4(7)8;1-3-4-2/h2-5,10-11,23-24H,6-9H2,1H3;1-2H2,(H,5,6)(H,7,8);3H2,1-2H3. The summed E-state index contributed by atoms with van der Waals surface area (Å²) in [5.74, 6) is -1.57. The van der Waals surface area contributed by atoms with E-state index in [0.29, 0.717) is 30.2 Å². The number of benzene rings is 2. The monoisotopic (exact) mass is 538 g/mol. The Morgan fingerprint density at radius 1 is 1.03 bits per heavy atom. The molecule has 0 bridgehead atoms. The number of aliphatic carboxylic acids is 2. The Hall–Kier alpha value is -3.64. The first-order valence-electron chi connectivity index (χ1n) is 12.0. The van der Waals surface area contributed by atoms with E-state index in [0.717, 1.165) is 42.7 Å². The first kappa shape index (κ1) is 30.6. The Labute approximate surface area is 219 Å². The molecule has 38 heavy (non-hydrogen) atoms. The average molecular weight is 539 g/mol. The minimum atomic E-state index is -4.39. The molecule has 2 aromatic rings. The molecule has 0 aliphatic carbocycles. The van der Waals surface area contributed by atoms with Crippen LogP contribution in [0.2, 0.25) is 0 Å². The van der Waals surface area contributed by atoms with E-state index >= 15 is 0 Å². The van der Waals surface area contributed by atoms with Gasteiger partial charge in [0.05, 0.1) is 29.8 Å². The van der Waals surface area contributed by atoms with Gasteiger partial charge in [-0.1, -0.05) is 6.07 Å². The number of rotatable bonds is 4. The number of aliphatic imine (C=N–C) groups is 1. The maximum Gasteiger partial charge on any atom is 0.416 e. The number of carboxylic acid groups (broad SMARTS) is 2. The number of nitrogens with one attached hydrogen (secondary N) is 2. The Morgan fingerprint density at radius 3 is 2.13 bits per heavy atom. The topological polar surface area (TPSA) is 123 Å². The molecule has 208 valence electrons. The van der Waals surface area contributed by atoms with Crippen molar-refractivity contribution in [2.75, 3.05) is 45.2 Å². The average Bonchev–Trinajstić information content (AvgIpc) is 3.04. The third-order valence-corrected chi connectivity index (χ3v) is 5.49. The van der Waals surface area contributed by atoms with E-state index in [1.807, 2.05) is 32.0 Å². The number of hydrogen-bond donors (Lipinski definition) is 4. The zero-order chi connectivity index (χ0) is 28.3. The molecule has 0 saturated carbocycles. The fraction of sp³-hybridized carbons (Fsp3) is 0.423. The number of fused-ring (bicyclic) bond motifs is 2. The second kappa shape index (κ2) is 14.3. The van der Waals surface area contributed by atoms with Crippen molar-refractivity contribution in [3.8, 4) is 0 Å². The van der Waals surface area contributed by atoms with Crippen LogP contribution in [0.5, 0.6) is 0 Å². The predicted octanol–water partition coefficient (Wildman–Crippen LogP) is 4.64. The Morgan fingerprint density at radius 2 is 1.61 bits per heavy atom. The largest absolute Gasteiger partial charge is 0.481 e. The lowest BCUT2D eigenvalue weighted by atomic mass is 10.1. The summed E-state index contributed by atoms with van der Waals surface area (Å²) in [7, 11) is 1.68. The number of halogens is 3. The Kier molecular flexibility index (Phi) is 11.5. The number of amidine groups is 1. The Balaban J connectivity index is 0.000000356. The third kappa shape index (κ3) is 9.34. The van der Waals surface area contributed by atoms with Crippen LogP contribution in [0.25, 0.3) is 0 Å². The number of carboxylic acids is 2. The van der Waals surface area contributed by atoms with Gasteiger partial charge in [-0.2, -0.15) is 13.2 Å². The van der Waals surface area contributed by atoms with Crippen LogP contribution < -0.4 is 10.6 Å². The fourth-order valence-corrected chi connectivity index (χ4v) is 3.51. The number of piperazine rings is 1. The number of alkyl halides is 3. The Bertz CT molecular complexity index is 1120. The molecule has 0 unspecified atom stereocenters. The number of methoxy groups -OCH3 is 1. The molecule has 4 rings (SSSR count). The van der Waals surface area contributed by atoms with Gasteiger partial charge in [0.15, 0.2) is 0 Å². The number of anilines is 2. The SMILES string of the molecule is CCOC.Cc1ccc2c(c1)N=C(N1CCNCC1)c1cc(C(F)(F)F)ccc1N2.O=C(O)CCC(=O)O. The molecular formula is C26H33F3N4O5. The molecule has 0 amide bonds. The van der Waals surface area contributed by atoms with E-state index in [1.165, 1.54) is 12.1 Å². The highest BCUT2D eigenvalue weighted by atomic mass is 19.4. The molecule has 2 aromatic carbocycles. The van der Waals surface area contributed by atoms with Crippen molar-refractivity contribution in [3.05, 3.63) is 53.1 Å². The lowest BCUT2D eigenvalue weighted by Crippen LogP contribution is -2.46. The number of aryl methyl sites for hydroxylation is 1. The van der Waals surface area contributed by atoms with Crippen LogP contribution in [0.1, 0.15) is 36.5 Å². The van der Waals surface area contributed by atoms with E-state index in [2.05, 4.69) is 20.3 Å². The van der Waals surface area contributed by atoms with Crippen LogP contribution in [-0.2, 0) is 20.5 Å². The van der Waals surface area contributed by atoms with Gasteiger partial charge in [-0.15, -0.1) is 0 Å². The summed E-state index contributed by atoms with van der Waals surface area (Å²) in [6.45, 7) is 7.72. The first-order valence-corrected chi connectivity index (χ1v) is 12.0. The molecule has 1 saturated heterocycles. The molecule has 12 heteroatoms. The molecular weight excluding hydrogens is 505 g/mol. The van der Waals surface area contributed by atoms with Crippen LogP contribution in [0.4, 0.5) is 30.2 Å². The van der Waals surface area contributed by atoms with Crippen LogP contribution in [-0.4, -0.2) is 72.8 Å². The quantitative estimate of drug-likeness (QED) is 0.444. The van der Waals surface area contributed by atoms with Crippen molar-refractivity contribution in [3.63, 3.8) is 0 Å². The van der Waals surface area contributed by atoms with Gasteiger partial charge in [-0.05, 0) is 49.7 Å².